The van der Waals surface area contributed by atoms with Gasteiger partial charge in [0.25, 0.3) is 5.91 Å². The minimum Gasteiger partial charge on any atom is -0.497 e. The molecule has 0 spiro atoms. The summed E-state index contributed by atoms with van der Waals surface area (Å²) in [6.45, 7) is 0.555. The Morgan fingerprint density at radius 2 is 2.05 bits per heavy atom. The van der Waals surface area contributed by atoms with Crippen molar-refractivity contribution < 1.29 is 9.53 Å². The smallest absolute Gasteiger partial charge is 0.270 e. The van der Waals surface area contributed by atoms with Gasteiger partial charge in [-0.3, -0.25) is 4.79 Å². The van der Waals surface area contributed by atoms with Crippen LogP contribution >= 0.6 is 15.9 Å². The molecule has 0 aliphatic heterocycles. The molecule has 1 amide bonds. The molecule has 0 saturated heterocycles. The van der Waals surface area contributed by atoms with E-state index in [-0.39, 0.29) is 5.91 Å². The van der Waals surface area contributed by atoms with Gasteiger partial charge in [0.05, 0.1) is 7.11 Å². The first-order valence-corrected chi connectivity index (χ1v) is 6.62. The number of nitrogens with zero attached hydrogens (tertiary/aromatic N) is 1. The molecule has 0 radical (unpaired) electrons. The molecule has 0 unspecified atom stereocenters. The molecular formula is C14H15BrN2O2. The number of H-pyrrole nitrogens is 1. The zero-order valence-corrected chi connectivity index (χ0v) is 12.4. The second-order valence-electron chi connectivity index (χ2n) is 4.24. The van der Waals surface area contributed by atoms with Gasteiger partial charge in [0.1, 0.15) is 11.4 Å². The summed E-state index contributed by atoms with van der Waals surface area (Å²) in [7, 11) is 3.41. The largest absolute Gasteiger partial charge is 0.497 e. The van der Waals surface area contributed by atoms with Crippen molar-refractivity contribution in [3.63, 3.8) is 0 Å². The van der Waals surface area contributed by atoms with Gasteiger partial charge in [0.15, 0.2) is 0 Å². The number of halogens is 1. The number of nitrogens with one attached hydrogen (secondary N) is 1. The maximum Gasteiger partial charge on any atom is 0.270 e. The van der Waals surface area contributed by atoms with Crippen molar-refractivity contribution in [3.8, 4) is 5.75 Å². The van der Waals surface area contributed by atoms with E-state index < -0.39 is 0 Å². The van der Waals surface area contributed by atoms with Gasteiger partial charge >= 0.3 is 0 Å². The van der Waals surface area contributed by atoms with Gasteiger partial charge in [-0.25, -0.2) is 0 Å². The summed E-state index contributed by atoms with van der Waals surface area (Å²) in [6, 6.07) is 9.45. The van der Waals surface area contributed by atoms with Crippen LogP contribution in [0.4, 0.5) is 0 Å². The Balaban J connectivity index is 2.03. The van der Waals surface area contributed by atoms with Crippen molar-refractivity contribution >= 4 is 21.8 Å². The Labute approximate surface area is 120 Å². The molecule has 0 saturated carbocycles. The Morgan fingerprint density at radius 1 is 1.37 bits per heavy atom. The van der Waals surface area contributed by atoms with E-state index in [2.05, 4.69) is 20.9 Å². The lowest BCUT2D eigenvalue weighted by Crippen LogP contribution is -2.26. The molecule has 1 N–H and O–H groups in total. The van der Waals surface area contributed by atoms with Gasteiger partial charge < -0.3 is 14.6 Å². The van der Waals surface area contributed by atoms with Crippen LogP contribution in [0.3, 0.4) is 0 Å². The van der Waals surface area contributed by atoms with E-state index in [1.807, 2.05) is 24.3 Å². The third kappa shape index (κ3) is 3.38. The van der Waals surface area contributed by atoms with Crippen molar-refractivity contribution in [3.05, 3.63) is 52.3 Å². The Hall–Kier alpha value is -1.75. The number of methoxy groups -OCH3 is 1. The van der Waals surface area contributed by atoms with Crippen LogP contribution in [-0.4, -0.2) is 29.9 Å². The lowest BCUT2D eigenvalue weighted by atomic mass is 10.2. The first-order chi connectivity index (χ1) is 9.10. The van der Waals surface area contributed by atoms with E-state index in [0.29, 0.717) is 12.2 Å². The number of rotatable bonds is 4. The quantitative estimate of drug-likeness (QED) is 0.940. The number of carbonyl (C=O) groups excluding carboxylic acids is 1. The van der Waals surface area contributed by atoms with Crippen LogP contribution in [0.15, 0.2) is 41.0 Å². The Morgan fingerprint density at radius 3 is 2.58 bits per heavy atom. The van der Waals surface area contributed by atoms with Crippen LogP contribution in [-0.2, 0) is 6.54 Å². The molecule has 4 nitrogen and oxygen atoms in total. The summed E-state index contributed by atoms with van der Waals surface area (Å²) >= 11 is 3.32. The van der Waals surface area contributed by atoms with Crippen molar-refractivity contribution in [1.82, 2.24) is 9.88 Å². The SMILES string of the molecule is COc1ccc(CN(C)C(=O)c2cc(Br)c[nH]2)cc1. The maximum absolute atomic E-state index is 12.1. The number of aromatic amines is 1. The molecule has 2 rings (SSSR count). The summed E-state index contributed by atoms with van der Waals surface area (Å²) in [5.74, 6) is 0.771. The number of hydrogen-bond acceptors (Lipinski definition) is 2. The van der Waals surface area contributed by atoms with Crippen molar-refractivity contribution in [2.75, 3.05) is 14.2 Å². The average molecular weight is 323 g/mol. The minimum absolute atomic E-state index is 0.0403. The third-order valence-corrected chi connectivity index (χ3v) is 3.26. The second-order valence-corrected chi connectivity index (χ2v) is 5.16. The van der Waals surface area contributed by atoms with Crippen LogP contribution in [0.25, 0.3) is 0 Å². The normalized spacial score (nSPS) is 10.3. The van der Waals surface area contributed by atoms with Crippen LogP contribution in [0.1, 0.15) is 16.1 Å². The lowest BCUT2D eigenvalue weighted by molar-refractivity contribution is 0.0780. The van der Waals surface area contributed by atoms with E-state index in [1.54, 1.807) is 31.3 Å². The number of hydrogen-bond donors (Lipinski definition) is 1. The van der Waals surface area contributed by atoms with E-state index >= 15 is 0 Å². The fraction of sp³-hybridized carbons (Fsp3) is 0.214. The fourth-order valence-electron chi connectivity index (χ4n) is 1.77. The summed E-state index contributed by atoms with van der Waals surface area (Å²) in [4.78, 5) is 16.7. The van der Waals surface area contributed by atoms with Crippen LogP contribution in [0, 0.1) is 0 Å². The molecule has 5 heteroatoms. The summed E-state index contributed by atoms with van der Waals surface area (Å²) in [5, 5.41) is 0. The third-order valence-electron chi connectivity index (χ3n) is 2.80. The minimum atomic E-state index is -0.0403. The van der Waals surface area contributed by atoms with Crippen LogP contribution in [0.2, 0.25) is 0 Å². The average Bonchev–Trinajstić information content (AvgIpc) is 2.85. The van der Waals surface area contributed by atoms with E-state index in [9.17, 15) is 4.79 Å². The maximum atomic E-state index is 12.1. The van der Waals surface area contributed by atoms with Crippen LogP contribution < -0.4 is 4.74 Å². The van der Waals surface area contributed by atoms with E-state index in [0.717, 1.165) is 15.8 Å². The molecular weight excluding hydrogens is 308 g/mol. The van der Waals surface area contributed by atoms with E-state index in [1.165, 1.54) is 0 Å². The molecule has 0 aliphatic carbocycles. The number of ether oxygens (including phenoxy) is 1. The molecule has 0 bridgehead atoms. The number of carbonyl (C=O) groups is 1. The predicted molar refractivity (Wildman–Crippen MR) is 77.3 cm³/mol. The molecule has 100 valence electrons. The highest BCUT2D eigenvalue weighted by Gasteiger charge is 2.13. The summed E-state index contributed by atoms with van der Waals surface area (Å²) in [5.41, 5.74) is 1.63. The standard InChI is InChI=1S/C14H15BrN2O2/c1-17(14(18)13-7-11(15)8-16-13)9-10-3-5-12(19-2)6-4-10/h3-8,16H,9H2,1-2H3. The van der Waals surface area contributed by atoms with Gasteiger partial charge in [-0.05, 0) is 39.7 Å². The first-order valence-electron chi connectivity index (χ1n) is 5.82. The highest BCUT2D eigenvalue weighted by molar-refractivity contribution is 9.10. The highest BCUT2D eigenvalue weighted by atomic mass is 79.9. The Bertz CT molecular complexity index is 563. The molecule has 1 aromatic carbocycles. The molecule has 0 atom stereocenters. The zero-order valence-electron chi connectivity index (χ0n) is 10.8. The highest BCUT2D eigenvalue weighted by Crippen LogP contribution is 2.15. The number of aromatic nitrogens is 1. The van der Waals surface area contributed by atoms with Gasteiger partial charge in [-0.1, -0.05) is 12.1 Å². The van der Waals surface area contributed by atoms with Crippen LogP contribution in [0.5, 0.6) is 5.75 Å². The second kappa shape index (κ2) is 5.93. The molecule has 0 aliphatic rings. The van der Waals surface area contributed by atoms with Gasteiger partial charge in [-0.15, -0.1) is 0 Å². The lowest BCUT2D eigenvalue weighted by Gasteiger charge is -2.16. The number of amides is 1. The molecule has 19 heavy (non-hydrogen) atoms. The summed E-state index contributed by atoms with van der Waals surface area (Å²) < 4.78 is 5.97. The molecule has 0 fully saturated rings. The monoisotopic (exact) mass is 322 g/mol. The van der Waals surface area contributed by atoms with E-state index in [4.69, 9.17) is 4.74 Å². The molecule has 1 aromatic heterocycles. The Kier molecular flexibility index (Phi) is 4.27. The first kappa shape index (κ1) is 13.7. The van der Waals surface area contributed by atoms with Gasteiger partial charge in [0, 0.05) is 24.3 Å². The van der Waals surface area contributed by atoms with Gasteiger partial charge in [0.2, 0.25) is 0 Å². The topological polar surface area (TPSA) is 45.3 Å². The molecule has 1 heterocycles. The summed E-state index contributed by atoms with van der Waals surface area (Å²) in [6.07, 6.45) is 1.74. The zero-order chi connectivity index (χ0) is 13.8. The van der Waals surface area contributed by atoms with Gasteiger partial charge in [-0.2, -0.15) is 0 Å². The molecule has 2 aromatic rings. The number of benzene rings is 1. The predicted octanol–water partition coefficient (Wildman–Crippen LogP) is 3.06. The fourth-order valence-corrected chi connectivity index (χ4v) is 2.12. The van der Waals surface area contributed by atoms with Crippen molar-refractivity contribution in [2.45, 2.75) is 6.54 Å². The van der Waals surface area contributed by atoms with Crippen molar-refractivity contribution in [1.29, 1.82) is 0 Å². The van der Waals surface area contributed by atoms with Crippen molar-refractivity contribution in [2.24, 2.45) is 0 Å².